The molecular formula is C21H14ClNO3. The number of carbonyl (C=O) groups excluding carboxylic acids is 1. The monoisotopic (exact) mass is 363 g/mol. The highest BCUT2D eigenvalue weighted by Crippen LogP contribution is 2.28. The van der Waals surface area contributed by atoms with Crippen LogP contribution in [0, 0.1) is 11.3 Å². The van der Waals surface area contributed by atoms with E-state index < -0.39 is 5.97 Å². The second kappa shape index (κ2) is 7.73. The van der Waals surface area contributed by atoms with Crippen molar-refractivity contribution in [1.82, 2.24) is 0 Å². The van der Waals surface area contributed by atoms with Crippen molar-refractivity contribution in [2.75, 3.05) is 7.11 Å². The van der Waals surface area contributed by atoms with Gasteiger partial charge in [0.1, 0.15) is 11.5 Å². The molecule has 0 aliphatic rings. The summed E-state index contributed by atoms with van der Waals surface area (Å²) in [5, 5.41) is 10.0. The summed E-state index contributed by atoms with van der Waals surface area (Å²) in [4.78, 5) is 11.9. The molecule has 4 nitrogen and oxygen atoms in total. The molecule has 0 saturated heterocycles. The first-order valence-corrected chi connectivity index (χ1v) is 8.15. The largest absolute Gasteiger partial charge is 0.465 e. The van der Waals surface area contributed by atoms with Crippen LogP contribution in [0.15, 0.2) is 65.1 Å². The fourth-order valence-corrected chi connectivity index (χ4v) is 2.64. The van der Waals surface area contributed by atoms with Gasteiger partial charge in [-0.2, -0.15) is 5.26 Å². The van der Waals surface area contributed by atoms with E-state index in [1.807, 2.05) is 6.07 Å². The molecule has 0 atom stereocenters. The molecule has 3 aromatic rings. The summed E-state index contributed by atoms with van der Waals surface area (Å²) < 4.78 is 10.6. The lowest BCUT2D eigenvalue weighted by molar-refractivity contribution is 0.0601. The van der Waals surface area contributed by atoms with E-state index in [1.165, 1.54) is 7.11 Å². The molecule has 2 aromatic carbocycles. The van der Waals surface area contributed by atoms with Crippen LogP contribution >= 0.6 is 11.6 Å². The average molecular weight is 364 g/mol. The predicted octanol–water partition coefficient (Wildman–Crippen LogP) is 5.45. The van der Waals surface area contributed by atoms with E-state index >= 15 is 0 Å². The first-order valence-electron chi connectivity index (χ1n) is 7.77. The first-order chi connectivity index (χ1) is 12.6. The molecule has 128 valence electrons. The molecule has 0 unspecified atom stereocenters. The number of carbonyl (C=O) groups is 1. The highest BCUT2D eigenvalue weighted by Gasteiger charge is 2.15. The zero-order valence-corrected chi connectivity index (χ0v) is 14.7. The molecule has 0 aliphatic carbocycles. The maximum absolute atomic E-state index is 11.9. The summed E-state index contributed by atoms with van der Waals surface area (Å²) in [6, 6.07) is 19.7. The lowest BCUT2D eigenvalue weighted by Gasteiger charge is -2.04. The molecule has 5 heteroatoms. The number of ether oxygens (including phenoxy) is 1. The number of rotatable bonds is 4. The van der Waals surface area contributed by atoms with E-state index in [0.29, 0.717) is 33.2 Å². The third-order valence-electron chi connectivity index (χ3n) is 3.79. The zero-order chi connectivity index (χ0) is 18.5. The summed E-state index contributed by atoms with van der Waals surface area (Å²) >= 11 is 5.88. The maximum Gasteiger partial charge on any atom is 0.338 e. The maximum atomic E-state index is 11.9. The highest BCUT2D eigenvalue weighted by molar-refractivity contribution is 6.30. The quantitative estimate of drug-likeness (QED) is 0.456. The van der Waals surface area contributed by atoms with Crippen LogP contribution < -0.4 is 0 Å². The molecular weight excluding hydrogens is 350 g/mol. The number of methoxy groups -OCH3 is 1. The lowest BCUT2D eigenvalue weighted by atomic mass is 10.1. The number of esters is 1. The number of furan rings is 1. The van der Waals surface area contributed by atoms with Gasteiger partial charge < -0.3 is 9.15 Å². The van der Waals surface area contributed by atoms with Gasteiger partial charge in [-0.1, -0.05) is 41.9 Å². The number of benzene rings is 2. The Morgan fingerprint density at radius 1 is 1.12 bits per heavy atom. The van der Waals surface area contributed by atoms with Gasteiger partial charge in [0, 0.05) is 10.6 Å². The summed E-state index contributed by atoms with van der Waals surface area (Å²) in [7, 11) is 1.33. The van der Waals surface area contributed by atoms with E-state index in [1.54, 1.807) is 60.7 Å². The van der Waals surface area contributed by atoms with Crippen LogP contribution in [0.2, 0.25) is 5.02 Å². The Labute approximate surface area is 155 Å². The average Bonchev–Trinajstić information content (AvgIpc) is 3.15. The molecule has 0 saturated carbocycles. The molecule has 1 heterocycles. The van der Waals surface area contributed by atoms with Crippen LogP contribution in [0.1, 0.15) is 21.7 Å². The fraction of sp³-hybridized carbons (Fsp3) is 0.0476. The third kappa shape index (κ3) is 3.69. The minimum Gasteiger partial charge on any atom is -0.465 e. The van der Waals surface area contributed by atoms with E-state index in [4.69, 9.17) is 20.8 Å². The molecule has 0 spiro atoms. The number of hydrogen-bond acceptors (Lipinski definition) is 4. The summed E-state index contributed by atoms with van der Waals surface area (Å²) in [5.74, 6) is 0.588. The Morgan fingerprint density at radius 2 is 1.85 bits per heavy atom. The van der Waals surface area contributed by atoms with Crippen LogP contribution in [-0.4, -0.2) is 13.1 Å². The van der Waals surface area contributed by atoms with E-state index in [-0.39, 0.29) is 0 Å². The standard InChI is InChI=1S/C21H14ClNO3/c1-25-21(24)19-5-3-2-4-18(19)20-11-10-17(26-20)12-15(13-23)14-6-8-16(22)9-7-14/h2-12H,1H3/b15-12-. The molecule has 0 bridgehead atoms. The van der Waals surface area contributed by atoms with Gasteiger partial charge in [0.25, 0.3) is 0 Å². The number of nitriles is 1. The third-order valence-corrected chi connectivity index (χ3v) is 4.04. The Kier molecular flexibility index (Phi) is 5.21. The highest BCUT2D eigenvalue weighted by atomic mass is 35.5. The van der Waals surface area contributed by atoms with Crippen LogP contribution in [0.25, 0.3) is 23.0 Å². The summed E-state index contributed by atoms with van der Waals surface area (Å²) in [6.45, 7) is 0. The van der Waals surface area contributed by atoms with Crippen LogP contribution in [0.3, 0.4) is 0 Å². The van der Waals surface area contributed by atoms with Gasteiger partial charge in [0.15, 0.2) is 0 Å². The minimum absolute atomic E-state index is 0.415. The second-order valence-corrected chi connectivity index (χ2v) is 5.85. The van der Waals surface area contributed by atoms with E-state index in [9.17, 15) is 10.1 Å². The summed E-state index contributed by atoms with van der Waals surface area (Å²) in [6.07, 6.45) is 1.65. The fourth-order valence-electron chi connectivity index (χ4n) is 2.51. The molecule has 3 rings (SSSR count). The van der Waals surface area contributed by atoms with Crippen molar-refractivity contribution in [3.05, 3.63) is 82.6 Å². The topological polar surface area (TPSA) is 63.2 Å². The number of allylic oxidation sites excluding steroid dienone is 1. The molecule has 0 fully saturated rings. The normalized spacial score (nSPS) is 11.0. The Morgan fingerprint density at radius 3 is 2.54 bits per heavy atom. The SMILES string of the molecule is COC(=O)c1ccccc1-c1ccc(/C=C(/C#N)c2ccc(Cl)cc2)o1. The molecule has 0 N–H and O–H groups in total. The minimum atomic E-state index is -0.437. The van der Waals surface area contributed by atoms with Crippen molar-refractivity contribution in [1.29, 1.82) is 5.26 Å². The van der Waals surface area contributed by atoms with Crippen molar-refractivity contribution < 1.29 is 13.9 Å². The Bertz CT molecular complexity index is 1010. The number of halogens is 1. The van der Waals surface area contributed by atoms with Gasteiger partial charge in [0.2, 0.25) is 0 Å². The molecule has 0 radical (unpaired) electrons. The number of hydrogen-bond donors (Lipinski definition) is 0. The smallest absolute Gasteiger partial charge is 0.338 e. The van der Waals surface area contributed by atoms with Crippen molar-refractivity contribution in [3.8, 4) is 17.4 Å². The predicted molar refractivity (Wildman–Crippen MR) is 100 cm³/mol. The number of nitrogens with zero attached hydrogens (tertiary/aromatic N) is 1. The zero-order valence-electron chi connectivity index (χ0n) is 13.9. The van der Waals surface area contributed by atoms with Crippen LogP contribution in [0.4, 0.5) is 0 Å². The molecule has 0 amide bonds. The van der Waals surface area contributed by atoms with Crippen LogP contribution in [0.5, 0.6) is 0 Å². The van der Waals surface area contributed by atoms with Gasteiger partial charge >= 0.3 is 5.97 Å². The van der Waals surface area contributed by atoms with Gasteiger partial charge in [-0.05, 0) is 42.0 Å². The van der Waals surface area contributed by atoms with Gasteiger partial charge in [0.05, 0.1) is 24.3 Å². The first kappa shape index (κ1) is 17.5. The Balaban J connectivity index is 1.97. The van der Waals surface area contributed by atoms with Crippen LogP contribution in [-0.2, 0) is 4.74 Å². The second-order valence-electron chi connectivity index (χ2n) is 5.42. The summed E-state index contributed by atoms with van der Waals surface area (Å²) in [5.41, 5.74) is 2.23. The molecule has 1 aromatic heterocycles. The Hall–Kier alpha value is -3.29. The van der Waals surface area contributed by atoms with Crippen molar-refractivity contribution in [2.24, 2.45) is 0 Å². The van der Waals surface area contributed by atoms with Crippen molar-refractivity contribution in [2.45, 2.75) is 0 Å². The molecule has 0 aliphatic heterocycles. The van der Waals surface area contributed by atoms with Crippen molar-refractivity contribution in [3.63, 3.8) is 0 Å². The lowest BCUT2D eigenvalue weighted by Crippen LogP contribution is -2.02. The van der Waals surface area contributed by atoms with E-state index in [2.05, 4.69) is 6.07 Å². The molecule has 26 heavy (non-hydrogen) atoms. The van der Waals surface area contributed by atoms with Gasteiger partial charge in [-0.15, -0.1) is 0 Å². The van der Waals surface area contributed by atoms with Gasteiger partial charge in [-0.3, -0.25) is 0 Å². The van der Waals surface area contributed by atoms with Gasteiger partial charge in [-0.25, -0.2) is 4.79 Å². The van der Waals surface area contributed by atoms with E-state index in [0.717, 1.165) is 5.56 Å². The van der Waals surface area contributed by atoms with Crippen molar-refractivity contribution >= 4 is 29.2 Å².